The van der Waals surface area contributed by atoms with Crippen molar-refractivity contribution in [2.24, 2.45) is 0 Å². The number of aliphatic hydroxyl groups is 1. The van der Waals surface area contributed by atoms with Gasteiger partial charge in [-0.2, -0.15) is 4.31 Å². The van der Waals surface area contributed by atoms with Crippen molar-refractivity contribution >= 4 is 31.6 Å². The fourth-order valence-corrected chi connectivity index (χ4v) is 6.15. The van der Waals surface area contributed by atoms with Crippen molar-refractivity contribution in [3.05, 3.63) is 22.2 Å². The van der Waals surface area contributed by atoms with Crippen LogP contribution in [0.4, 0.5) is 5.69 Å². The molecule has 2 heterocycles. The van der Waals surface area contributed by atoms with Crippen LogP contribution >= 0.6 is 15.9 Å². The van der Waals surface area contributed by atoms with Gasteiger partial charge in [0.05, 0.1) is 11.0 Å². The Labute approximate surface area is 133 Å². The van der Waals surface area contributed by atoms with Crippen molar-refractivity contribution in [1.29, 1.82) is 0 Å². The predicted octanol–water partition coefficient (Wildman–Crippen LogP) is 2.02. The van der Waals surface area contributed by atoms with Gasteiger partial charge in [0, 0.05) is 22.2 Å². The number of sulfonamides is 1. The third-order valence-corrected chi connectivity index (χ3v) is 7.32. The summed E-state index contributed by atoms with van der Waals surface area (Å²) in [6.45, 7) is 1.78. The van der Waals surface area contributed by atoms with E-state index in [4.69, 9.17) is 5.73 Å². The van der Waals surface area contributed by atoms with Crippen molar-refractivity contribution in [3.63, 3.8) is 0 Å². The minimum absolute atomic E-state index is 0.0898. The topological polar surface area (TPSA) is 83.6 Å². The Morgan fingerprint density at radius 2 is 1.86 bits per heavy atom. The molecular weight excluding hydrogens is 356 g/mol. The summed E-state index contributed by atoms with van der Waals surface area (Å²) in [5.41, 5.74) is 6.95. The maximum atomic E-state index is 13.0. The summed E-state index contributed by atoms with van der Waals surface area (Å²) in [5.74, 6) is 0. The van der Waals surface area contributed by atoms with Crippen molar-refractivity contribution in [2.75, 3.05) is 5.73 Å². The van der Waals surface area contributed by atoms with Crippen molar-refractivity contribution in [3.8, 4) is 0 Å². The zero-order valence-electron chi connectivity index (χ0n) is 11.8. The van der Waals surface area contributed by atoms with Crippen LogP contribution in [0.1, 0.15) is 31.2 Å². The number of anilines is 1. The fraction of sp³-hybridized carbons (Fsp3) is 0.571. The molecule has 7 heteroatoms. The average molecular weight is 375 g/mol. The molecule has 0 spiro atoms. The first-order valence-corrected chi connectivity index (χ1v) is 9.31. The Hall–Kier alpha value is -0.630. The lowest BCUT2D eigenvalue weighted by molar-refractivity contribution is 0.0768. The van der Waals surface area contributed by atoms with Gasteiger partial charge in [-0.15, -0.1) is 0 Å². The Kier molecular flexibility index (Phi) is 3.80. The van der Waals surface area contributed by atoms with E-state index >= 15 is 0 Å². The third kappa shape index (κ3) is 2.50. The molecule has 0 aromatic heterocycles. The first-order chi connectivity index (χ1) is 9.80. The third-order valence-electron chi connectivity index (χ3n) is 4.49. The summed E-state index contributed by atoms with van der Waals surface area (Å²) in [7, 11) is -3.57. The normalized spacial score (nSPS) is 29.8. The van der Waals surface area contributed by atoms with Gasteiger partial charge in [0.1, 0.15) is 0 Å². The first-order valence-electron chi connectivity index (χ1n) is 7.08. The van der Waals surface area contributed by atoms with Crippen LogP contribution in [0.5, 0.6) is 0 Å². The van der Waals surface area contributed by atoms with E-state index in [-0.39, 0.29) is 23.1 Å². The molecule has 0 aliphatic carbocycles. The van der Waals surface area contributed by atoms with Gasteiger partial charge in [-0.25, -0.2) is 8.42 Å². The van der Waals surface area contributed by atoms with E-state index in [1.54, 1.807) is 17.3 Å². The van der Waals surface area contributed by atoms with Crippen molar-refractivity contribution < 1.29 is 13.5 Å². The van der Waals surface area contributed by atoms with Gasteiger partial charge in [0.15, 0.2) is 0 Å². The number of halogens is 1. The summed E-state index contributed by atoms with van der Waals surface area (Å²) in [5, 5.41) is 9.83. The van der Waals surface area contributed by atoms with E-state index in [2.05, 4.69) is 15.9 Å². The number of aliphatic hydroxyl groups excluding tert-OH is 1. The summed E-state index contributed by atoms with van der Waals surface area (Å²) in [6.07, 6.45) is 2.32. The second-order valence-corrected chi connectivity index (χ2v) is 8.65. The molecule has 2 bridgehead atoms. The highest BCUT2D eigenvalue weighted by Crippen LogP contribution is 2.41. The molecule has 3 N–H and O–H groups in total. The number of fused-ring (bicyclic) bond motifs is 2. The molecule has 5 nitrogen and oxygen atoms in total. The highest BCUT2D eigenvalue weighted by atomic mass is 79.9. The second kappa shape index (κ2) is 5.22. The number of hydrogen-bond acceptors (Lipinski definition) is 4. The molecule has 116 valence electrons. The SMILES string of the molecule is Cc1cc(Br)c(N)cc1S(=O)(=O)N1C2CCC1CC(O)C2. The number of nitrogens with two attached hydrogens (primary N) is 1. The van der Waals surface area contributed by atoms with Gasteiger partial charge < -0.3 is 10.8 Å². The summed E-state index contributed by atoms with van der Waals surface area (Å²) in [6, 6.07) is 3.09. The zero-order chi connectivity index (χ0) is 15.4. The standard InChI is InChI=1S/C14H19BrN2O3S/c1-8-4-12(15)13(16)7-14(8)21(19,20)17-9-2-3-10(17)6-11(18)5-9/h4,7,9-11,18H,2-3,5-6,16H2,1H3. The van der Waals surface area contributed by atoms with Crippen LogP contribution in [-0.4, -0.2) is 36.0 Å². The Morgan fingerprint density at radius 1 is 1.29 bits per heavy atom. The molecule has 2 unspecified atom stereocenters. The van der Waals surface area contributed by atoms with Crippen LogP contribution < -0.4 is 5.73 Å². The lowest BCUT2D eigenvalue weighted by Crippen LogP contribution is -2.48. The molecule has 0 saturated carbocycles. The predicted molar refractivity (Wildman–Crippen MR) is 84.4 cm³/mol. The number of piperidine rings is 1. The van der Waals surface area contributed by atoms with E-state index in [0.717, 1.165) is 12.8 Å². The quantitative estimate of drug-likeness (QED) is 0.775. The lowest BCUT2D eigenvalue weighted by atomic mass is 10.0. The largest absolute Gasteiger partial charge is 0.398 e. The van der Waals surface area contributed by atoms with E-state index < -0.39 is 10.0 Å². The molecule has 3 rings (SSSR count). The van der Waals surface area contributed by atoms with Gasteiger partial charge in [-0.1, -0.05) is 0 Å². The number of rotatable bonds is 2. The van der Waals surface area contributed by atoms with Gasteiger partial charge in [-0.05, 0) is 66.2 Å². The molecule has 2 aliphatic rings. The molecule has 0 radical (unpaired) electrons. The smallest absolute Gasteiger partial charge is 0.243 e. The van der Waals surface area contributed by atoms with Crippen LogP contribution in [0, 0.1) is 6.92 Å². The van der Waals surface area contributed by atoms with E-state index in [0.29, 0.717) is 28.6 Å². The van der Waals surface area contributed by atoms with Gasteiger partial charge >= 0.3 is 0 Å². The van der Waals surface area contributed by atoms with Crippen LogP contribution in [0.2, 0.25) is 0 Å². The summed E-state index contributed by atoms with van der Waals surface area (Å²) < 4.78 is 28.3. The minimum Gasteiger partial charge on any atom is -0.398 e. The molecular formula is C14H19BrN2O3S. The number of aryl methyl sites for hydroxylation is 1. The number of nitrogens with zero attached hydrogens (tertiary/aromatic N) is 1. The van der Waals surface area contributed by atoms with E-state index in [1.165, 1.54) is 6.07 Å². The van der Waals surface area contributed by atoms with E-state index in [1.807, 2.05) is 0 Å². The summed E-state index contributed by atoms with van der Waals surface area (Å²) in [4.78, 5) is 0.275. The van der Waals surface area contributed by atoms with Gasteiger partial charge in [0.2, 0.25) is 10.0 Å². The highest BCUT2D eigenvalue weighted by molar-refractivity contribution is 9.10. The van der Waals surface area contributed by atoms with Crippen LogP contribution in [-0.2, 0) is 10.0 Å². The summed E-state index contributed by atoms with van der Waals surface area (Å²) >= 11 is 3.32. The molecule has 2 aliphatic heterocycles. The monoisotopic (exact) mass is 374 g/mol. The Morgan fingerprint density at radius 3 is 2.43 bits per heavy atom. The van der Waals surface area contributed by atoms with Crippen LogP contribution in [0.3, 0.4) is 0 Å². The number of benzene rings is 1. The molecule has 1 aromatic rings. The molecule has 2 saturated heterocycles. The fourth-order valence-electron chi connectivity index (χ4n) is 3.56. The second-order valence-electron chi connectivity index (χ2n) is 5.98. The zero-order valence-corrected chi connectivity index (χ0v) is 14.2. The van der Waals surface area contributed by atoms with Gasteiger partial charge in [0.25, 0.3) is 0 Å². The maximum Gasteiger partial charge on any atom is 0.243 e. The van der Waals surface area contributed by atoms with Gasteiger partial charge in [-0.3, -0.25) is 0 Å². The molecule has 1 aromatic carbocycles. The molecule has 2 fully saturated rings. The first kappa shape index (κ1) is 15.3. The Balaban J connectivity index is 2.04. The Bertz CT molecular complexity index is 663. The van der Waals surface area contributed by atoms with Crippen LogP contribution in [0.15, 0.2) is 21.5 Å². The highest BCUT2D eigenvalue weighted by Gasteiger charge is 2.47. The maximum absolute atomic E-state index is 13.0. The van der Waals surface area contributed by atoms with Crippen molar-refractivity contribution in [1.82, 2.24) is 4.31 Å². The number of nitrogen functional groups attached to an aromatic ring is 1. The molecule has 21 heavy (non-hydrogen) atoms. The van der Waals surface area contributed by atoms with Crippen LogP contribution in [0.25, 0.3) is 0 Å². The molecule has 2 atom stereocenters. The minimum atomic E-state index is -3.57. The van der Waals surface area contributed by atoms with Crippen molar-refractivity contribution in [2.45, 2.75) is 55.7 Å². The lowest BCUT2D eigenvalue weighted by Gasteiger charge is -2.36. The van der Waals surface area contributed by atoms with E-state index in [9.17, 15) is 13.5 Å². The molecule has 0 amide bonds. The average Bonchev–Trinajstić information content (AvgIpc) is 2.67. The number of hydrogen-bond donors (Lipinski definition) is 2.